The minimum atomic E-state index is -0.407. The van der Waals surface area contributed by atoms with Crippen LogP contribution in [0.15, 0.2) is 53.9 Å². The predicted octanol–water partition coefficient (Wildman–Crippen LogP) is 0.789. The zero-order valence-electron chi connectivity index (χ0n) is 9.85. The molecule has 2 rings (SSSR count). The lowest BCUT2D eigenvalue weighted by molar-refractivity contribution is -0.605. The summed E-state index contributed by atoms with van der Waals surface area (Å²) in [4.78, 5) is 11.6. The van der Waals surface area contributed by atoms with E-state index in [0.29, 0.717) is 10.3 Å². The summed E-state index contributed by atoms with van der Waals surface area (Å²) in [6, 6.07) is 9.17. The topological polar surface area (TPSA) is 88.6 Å². The van der Waals surface area contributed by atoms with Crippen molar-refractivity contribution >= 4 is 12.1 Å². The van der Waals surface area contributed by atoms with Crippen LogP contribution in [0.4, 0.5) is 0 Å². The molecule has 96 valence electrons. The van der Waals surface area contributed by atoms with Gasteiger partial charge in [-0.05, 0) is 29.8 Å². The molecule has 0 saturated heterocycles. The molecule has 2 aromatic rings. The van der Waals surface area contributed by atoms with E-state index < -0.39 is 5.91 Å². The number of pyridine rings is 1. The lowest BCUT2D eigenvalue weighted by Gasteiger charge is -1.99. The van der Waals surface area contributed by atoms with Crippen LogP contribution in [-0.4, -0.2) is 17.2 Å². The Bertz CT molecular complexity index is 592. The summed E-state index contributed by atoms with van der Waals surface area (Å²) in [5.74, 6) is -0.244. The first-order valence-corrected chi connectivity index (χ1v) is 5.46. The number of amides is 1. The number of aromatic hydroxyl groups is 1. The number of benzene rings is 1. The summed E-state index contributed by atoms with van der Waals surface area (Å²) < 4.78 is 0.594. The van der Waals surface area contributed by atoms with Gasteiger partial charge in [-0.15, -0.1) is 0 Å². The minimum absolute atomic E-state index is 0.163. The van der Waals surface area contributed by atoms with Gasteiger partial charge in [0, 0.05) is 12.1 Å². The predicted molar refractivity (Wildman–Crippen MR) is 68.6 cm³/mol. The first-order valence-electron chi connectivity index (χ1n) is 5.46. The number of hydrazone groups is 1. The Hall–Kier alpha value is -2.89. The molecule has 1 heterocycles. The highest BCUT2D eigenvalue weighted by atomic mass is 16.5. The molecule has 1 aromatic carbocycles. The van der Waals surface area contributed by atoms with Crippen LogP contribution in [0, 0.1) is 5.21 Å². The standard InChI is InChI=1S/C13H11N3O3/c17-12-3-1-10(2-4-12)9-14-15-13(18)11-5-7-16(19)8-6-11/h1-9,17H,(H,15,18)/b14-9-. The molecule has 0 spiro atoms. The van der Waals surface area contributed by atoms with Gasteiger partial charge in [-0.25, -0.2) is 5.43 Å². The van der Waals surface area contributed by atoms with Crippen LogP contribution < -0.4 is 10.2 Å². The lowest BCUT2D eigenvalue weighted by atomic mass is 10.2. The summed E-state index contributed by atoms with van der Waals surface area (Å²) >= 11 is 0. The van der Waals surface area contributed by atoms with Crippen molar-refractivity contribution in [1.29, 1.82) is 0 Å². The second-order valence-electron chi connectivity index (χ2n) is 3.74. The maximum absolute atomic E-state index is 11.6. The molecule has 0 aliphatic rings. The average molecular weight is 257 g/mol. The van der Waals surface area contributed by atoms with Gasteiger partial charge in [0.15, 0.2) is 12.4 Å². The first kappa shape index (κ1) is 12.6. The normalized spacial score (nSPS) is 10.5. The van der Waals surface area contributed by atoms with Gasteiger partial charge in [-0.2, -0.15) is 9.83 Å². The van der Waals surface area contributed by atoms with Gasteiger partial charge in [0.05, 0.1) is 11.8 Å². The van der Waals surface area contributed by atoms with Crippen molar-refractivity contribution in [2.45, 2.75) is 0 Å². The summed E-state index contributed by atoms with van der Waals surface area (Å²) in [5, 5.41) is 23.7. The Morgan fingerprint density at radius 1 is 1.21 bits per heavy atom. The van der Waals surface area contributed by atoms with Crippen molar-refractivity contribution in [3.05, 3.63) is 65.1 Å². The molecule has 0 aliphatic heterocycles. The smallest absolute Gasteiger partial charge is 0.271 e. The molecule has 0 atom stereocenters. The van der Waals surface area contributed by atoms with Crippen LogP contribution in [0.25, 0.3) is 0 Å². The zero-order chi connectivity index (χ0) is 13.7. The quantitative estimate of drug-likeness (QED) is 0.369. The largest absolute Gasteiger partial charge is 0.619 e. The molecule has 0 aliphatic carbocycles. The molecule has 2 N–H and O–H groups in total. The van der Waals surface area contributed by atoms with Crippen LogP contribution in [-0.2, 0) is 0 Å². The number of carbonyl (C=O) groups is 1. The van der Waals surface area contributed by atoms with Crippen LogP contribution in [0.2, 0.25) is 0 Å². The molecule has 0 saturated carbocycles. The number of hydrogen-bond acceptors (Lipinski definition) is 4. The van der Waals surface area contributed by atoms with Crippen LogP contribution in [0.1, 0.15) is 15.9 Å². The van der Waals surface area contributed by atoms with Crippen molar-refractivity contribution in [3.63, 3.8) is 0 Å². The highest BCUT2D eigenvalue weighted by Crippen LogP contribution is 2.07. The monoisotopic (exact) mass is 257 g/mol. The van der Waals surface area contributed by atoms with Gasteiger partial charge in [-0.3, -0.25) is 4.79 Å². The molecular formula is C13H11N3O3. The summed E-state index contributed by atoms with van der Waals surface area (Å²) in [6.45, 7) is 0. The molecule has 1 aromatic heterocycles. The molecule has 6 heteroatoms. The van der Waals surface area contributed by atoms with Crippen molar-refractivity contribution in [2.75, 3.05) is 0 Å². The number of phenolic OH excluding ortho intramolecular Hbond substituents is 1. The number of phenols is 1. The summed E-state index contributed by atoms with van der Waals surface area (Å²) in [5.41, 5.74) is 3.42. The lowest BCUT2D eigenvalue weighted by Crippen LogP contribution is -2.26. The van der Waals surface area contributed by atoms with Gasteiger partial charge >= 0.3 is 0 Å². The molecule has 0 unspecified atom stereocenters. The fourth-order valence-electron chi connectivity index (χ4n) is 1.35. The van der Waals surface area contributed by atoms with E-state index in [4.69, 9.17) is 5.11 Å². The Morgan fingerprint density at radius 3 is 2.47 bits per heavy atom. The van der Waals surface area contributed by atoms with Gasteiger partial charge in [0.1, 0.15) is 5.75 Å². The van der Waals surface area contributed by atoms with E-state index in [1.807, 2.05) is 0 Å². The number of nitrogens with one attached hydrogen (secondary N) is 1. The van der Waals surface area contributed by atoms with E-state index in [0.717, 1.165) is 5.56 Å². The van der Waals surface area contributed by atoms with Crippen molar-refractivity contribution in [1.82, 2.24) is 5.43 Å². The van der Waals surface area contributed by atoms with Gasteiger partial charge in [0.25, 0.3) is 5.91 Å². The van der Waals surface area contributed by atoms with Crippen molar-refractivity contribution in [2.24, 2.45) is 5.10 Å². The van der Waals surface area contributed by atoms with E-state index in [2.05, 4.69) is 10.5 Å². The second kappa shape index (κ2) is 5.63. The van der Waals surface area contributed by atoms with E-state index in [1.165, 1.54) is 42.9 Å². The molecular weight excluding hydrogens is 246 g/mol. The highest BCUT2D eigenvalue weighted by Gasteiger charge is 2.04. The molecule has 0 radical (unpaired) electrons. The van der Waals surface area contributed by atoms with Gasteiger partial charge < -0.3 is 10.3 Å². The fourth-order valence-corrected chi connectivity index (χ4v) is 1.35. The second-order valence-corrected chi connectivity index (χ2v) is 3.74. The van der Waals surface area contributed by atoms with Gasteiger partial charge in [0.2, 0.25) is 0 Å². The third-order valence-electron chi connectivity index (χ3n) is 2.34. The molecule has 0 bridgehead atoms. The van der Waals surface area contributed by atoms with Crippen molar-refractivity contribution < 1.29 is 14.6 Å². The first-order chi connectivity index (χ1) is 9.15. The molecule has 6 nitrogen and oxygen atoms in total. The summed E-state index contributed by atoms with van der Waals surface area (Å²) in [7, 11) is 0. The SMILES string of the molecule is O=C(N/N=C\c1ccc(O)cc1)c1cc[n+]([O-])cc1. The van der Waals surface area contributed by atoms with E-state index in [9.17, 15) is 10.0 Å². The maximum Gasteiger partial charge on any atom is 0.271 e. The Balaban J connectivity index is 1.96. The third-order valence-corrected chi connectivity index (χ3v) is 2.34. The number of nitrogens with zero attached hydrogens (tertiary/aromatic N) is 2. The van der Waals surface area contributed by atoms with E-state index in [-0.39, 0.29) is 5.75 Å². The number of rotatable bonds is 3. The zero-order valence-corrected chi connectivity index (χ0v) is 9.85. The van der Waals surface area contributed by atoms with Crippen LogP contribution in [0.3, 0.4) is 0 Å². The van der Waals surface area contributed by atoms with E-state index in [1.54, 1.807) is 12.1 Å². The number of hydrogen-bond donors (Lipinski definition) is 2. The maximum atomic E-state index is 11.6. The average Bonchev–Trinajstić information content (AvgIpc) is 2.41. The third kappa shape index (κ3) is 3.53. The minimum Gasteiger partial charge on any atom is -0.619 e. The highest BCUT2D eigenvalue weighted by molar-refractivity contribution is 5.94. The number of carbonyl (C=O) groups excluding carboxylic acids is 1. The van der Waals surface area contributed by atoms with Gasteiger partial charge in [-0.1, -0.05) is 0 Å². The molecule has 19 heavy (non-hydrogen) atoms. The van der Waals surface area contributed by atoms with Crippen LogP contribution >= 0.6 is 0 Å². The van der Waals surface area contributed by atoms with Crippen molar-refractivity contribution in [3.8, 4) is 5.75 Å². The fraction of sp³-hybridized carbons (Fsp3) is 0. The number of aromatic nitrogens is 1. The Labute approximate surface area is 109 Å². The Kier molecular flexibility index (Phi) is 3.72. The summed E-state index contributed by atoms with van der Waals surface area (Å²) in [6.07, 6.45) is 3.92. The molecule has 0 fully saturated rings. The Morgan fingerprint density at radius 2 is 1.84 bits per heavy atom. The molecule has 1 amide bonds. The van der Waals surface area contributed by atoms with E-state index >= 15 is 0 Å². The van der Waals surface area contributed by atoms with Crippen LogP contribution in [0.5, 0.6) is 5.75 Å².